The molecule has 1 heterocycles. The van der Waals surface area contributed by atoms with Crippen LogP contribution in [0.15, 0.2) is 42.7 Å². The third-order valence-electron chi connectivity index (χ3n) is 5.74. The van der Waals surface area contributed by atoms with E-state index < -0.39 is 24.2 Å². The van der Waals surface area contributed by atoms with Crippen LogP contribution in [0.3, 0.4) is 0 Å². The van der Waals surface area contributed by atoms with Crippen LogP contribution < -0.4 is 5.32 Å². The summed E-state index contributed by atoms with van der Waals surface area (Å²) in [5.74, 6) is -0.572. The fourth-order valence-electron chi connectivity index (χ4n) is 4.01. The minimum absolute atomic E-state index is 0. The predicted octanol–water partition coefficient (Wildman–Crippen LogP) is 3.26. The van der Waals surface area contributed by atoms with Gasteiger partial charge in [-0.3, -0.25) is 14.6 Å². The Labute approximate surface area is 209 Å². The van der Waals surface area contributed by atoms with Crippen molar-refractivity contribution in [2.24, 2.45) is 0 Å². The topological polar surface area (TPSA) is 127 Å². The fourth-order valence-corrected chi connectivity index (χ4v) is 4.01. The molecule has 1 aromatic heterocycles. The highest BCUT2D eigenvalue weighted by molar-refractivity contribution is 6.00. The van der Waals surface area contributed by atoms with Crippen LogP contribution >= 0.6 is 0 Å². The Kier molecular flexibility index (Phi) is 11.3. The SMILES string of the molecule is CCCN(CCC)C(=O)c1cc(C)cc(C(=O)NC(Cc2ccncc2)C(O)C(O)CCC#N)c1.[HH]. The Bertz CT molecular complexity index is 1010. The average Bonchev–Trinajstić information content (AvgIpc) is 2.86. The third-order valence-corrected chi connectivity index (χ3v) is 5.74. The number of aryl methyl sites for hydroxylation is 1. The molecule has 0 radical (unpaired) electrons. The Balaban J connectivity index is 0.00000648. The van der Waals surface area contributed by atoms with Crippen LogP contribution in [0.4, 0.5) is 0 Å². The van der Waals surface area contributed by atoms with Gasteiger partial charge in [-0.15, -0.1) is 0 Å². The molecule has 35 heavy (non-hydrogen) atoms. The van der Waals surface area contributed by atoms with Gasteiger partial charge in [-0.2, -0.15) is 5.26 Å². The Morgan fingerprint density at radius 3 is 2.34 bits per heavy atom. The van der Waals surface area contributed by atoms with Gasteiger partial charge in [0.1, 0.15) is 6.10 Å². The number of nitrogens with zero attached hydrogens (tertiary/aromatic N) is 3. The summed E-state index contributed by atoms with van der Waals surface area (Å²) in [6.45, 7) is 7.15. The second-order valence-electron chi connectivity index (χ2n) is 8.77. The first-order valence-corrected chi connectivity index (χ1v) is 12.1. The molecule has 0 saturated heterocycles. The van der Waals surface area contributed by atoms with E-state index in [2.05, 4.69) is 10.3 Å². The average molecular weight is 483 g/mol. The molecule has 0 fully saturated rings. The number of benzene rings is 1. The van der Waals surface area contributed by atoms with Crippen molar-refractivity contribution in [3.63, 3.8) is 0 Å². The zero-order valence-corrected chi connectivity index (χ0v) is 20.8. The molecule has 0 aliphatic rings. The lowest BCUT2D eigenvalue weighted by Crippen LogP contribution is -2.49. The highest BCUT2D eigenvalue weighted by Gasteiger charge is 2.28. The maximum absolute atomic E-state index is 13.2. The van der Waals surface area contributed by atoms with Crippen molar-refractivity contribution < 1.29 is 21.2 Å². The number of nitriles is 1. The van der Waals surface area contributed by atoms with Gasteiger partial charge in [0.05, 0.1) is 18.2 Å². The van der Waals surface area contributed by atoms with Crippen molar-refractivity contribution in [2.45, 2.75) is 71.1 Å². The minimum Gasteiger partial charge on any atom is -0.390 e. The van der Waals surface area contributed by atoms with Crippen molar-refractivity contribution in [1.29, 1.82) is 5.26 Å². The van der Waals surface area contributed by atoms with Crippen LogP contribution in [-0.2, 0) is 6.42 Å². The molecule has 0 aliphatic carbocycles. The van der Waals surface area contributed by atoms with Gasteiger partial charge >= 0.3 is 0 Å². The Morgan fingerprint density at radius 1 is 1.11 bits per heavy atom. The molecule has 8 nitrogen and oxygen atoms in total. The van der Waals surface area contributed by atoms with Crippen LogP contribution in [0.5, 0.6) is 0 Å². The molecule has 1 aromatic carbocycles. The number of nitrogens with one attached hydrogen (secondary N) is 1. The van der Waals surface area contributed by atoms with Gasteiger partial charge in [-0.05, 0) is 74.1 Å². The summed E-state index contributed by atoms with van der Waals surface area (Å²) < 4.78 is 0. The van der Waals surface area contributed by atoms with Crippen LogP contribution in [0, 0.1) is 18.3 Å². The molecule has 2 amide bonds. The molecular weight excluding hydrogens is 444 g/mol. The summed E-state index contributed by atoms with van der Waals surface area (Å²) in [5.41, 5.74) is 2.35. The zero-order valence-electron chi connectivity index (χ0n) is 20.8. The molecule has 3 unspecified atom stereocenters. The number of aliphatic hydroxyl groups is 2. The van der Waals surface area contributed by atoms with E-state index in [1.165, 1.54) is 0 Å². The molecule has 3 atom stereocenters. The van der Waals surface area contributed by atoms with E-state index >= 15 is 0 Å². The number of carbonyl (C=O) groups excluding carboxylic acids is 2. The number of amides is 2. The summed E-state index contributed by atoms with van der Waals surface area (Å²) >= 11 is 0. The summed E-state index contributed by atoms with van der Waals surface area (Å²) in [6, 6.07) is 9.72. The van der Waals surface area contributed by atoms with E-state index in [9.17, 15) is 19.8 Å². The summed E-state index contributed by atoms with van der Waals surface area (Å²) in [6.07, 6.45) is 2.90. The van der Waals surface area contributed by atoms with Crippen LogP contribution in [0.2, 0.25) is 0 Å². The number of pyridine rings is 1. The quantitative estimate of drug-likeness (QED) is 0.402. The summed E-state index contributed by atoms with van der Waals surface area (Å²) in [4.78, 5) is 32.1. The Morgan fingerprint density at radius 2 is 1.74 bits per heavy atom. The number of aromatic nitrogens is 1. The first kappa shape index (κ1) is 28.0. The molecule has 2 aromatic rings. The maximum Gasteiger partial charge on any atom is 0.253 e. The van der Waals surface area contributed by atoms with Gasteiger partial charge in [0, 0.05) is 44.5 Å². The molecule has 0 aliphatic heterocycles. The van der Waals surface area contributed by atoms with Crippen molar-refractivity contribution in [3.8, 4) is 6.07 Å². The normalized spacial score (nSPS) is 13.4. The number of aliphatic hydroxyl groups excluding tert-OH is 2. The smallest absolute Gasteiger partial charge is 0.253 e. The first-order chi connectivity index (χ1) is 16.8. The van der Waals surface area contributed by atoms with E-state index in [1.807, 2.05) is 26.8 Å². The standard InChI is InChI=1S/C27H36N4O4.H2/c1-4-13-31(14-5-2)27(35)22-16-19(3)15-21(18-22)26(34)30-23(17-20-8-11-29-12-9-20)25(33)24(32)7-6-10-28;/h8-9,11-12,15-16,18,23-25,32-33H,4-7,13-14,17H2,1-3H3,(H,30,34);1H. The molecule has 3 N–H and O–H groups in total. The molecular formula is C27H38N4O4. The molecule has 2 rings (SSSR count). The molecule has 8 heteroatoms. The van der Waals surface area contributed by atoms with E-state index in [4.69, 9.17) is 5.26 Å². The lowest BCUT2D eigenvalue weighted by molar-refractivity contribution is -0.00643. The van der Waals surface area contributed by atoms with Gasteiger partial charge < -0.3 is 20.4 Å². The molecule has 0 spiro atoms. The maximum atomic E-state index is 13.2. The number of hydrogen-bond acceptors (Lipinski definition) is 6. The predicted molar refractivity (Wildman–Crippen MR) is 136 cm³/mol. The number of hydrogen-bond donors (Lipinski definition) is 3. The second-order valence-corrected chi connectivity index (χ2v) is 8.77. The van der Waals surface area contributed by atoms with E-state index in [-0.39, 0.29) is 26.6 Å². The summed E-state index contributed by atoms with van der Waals surface area (Å²) in [7, 11) is 0. The highest BCUT2D eigenvalue weighted by atomic mass is 16.3. The fraction of sp³-hybridized carbons (Fsp3) is 0.481. The number of carbonyl (C=O) groups is 2. The lowest BCUT2D eigenvalue weighted by atomic mass is 9.95. The van der Waals surface area contributed by atoms with Crippen molar-refractivity contribution >= 4 is 11.8 Å². The van der Waals surface area contributed by atoms with E-state index in [0.29, 0.717) is 24.2 Å². The summed E-state index contributed by atoms with van der Waals surface area (Å²) in [5, 5.41) is 32.8. The largest absolute Gasteiger partial charge is 0.390 e. The second kappa shape index (κ2) is 14.2. The van der Waals surface area contributed by atoms with Gasteiger partial charge in [-0.25, -0.2) is 0 Å². The van der Waals surface area contributed by atoms with Crippen molar-refractivity contribution in [1.82, 2.24) is 15.2 Å². The van der Waals surface area contributed by atoms with Gasteiger partial charge in [0.15, 0.2) is 0 Å². The van der Waals surface area contributed by atoms with Crippen LogP contribution in [-0.4, -0.2) is 63.3 Å². The molecule has 0 bridgehead atoms. The van der Waals surface area contributed by atoms with Gasteiger partial charge in [0.25, 0.3) is 11.8 Å². The third kappa shape index (κ3) is 8.46. The van der Waals surface area contributed by atoms with Gasteiger partial charge in [-0.1, -0.05) is 13.8 Å². The van der Waals surface area contributed by atoms with Crippen molar-refractivity contribution in [3.05, 3.63) is 65.0 Å². The monoisotopic (exact) mass is 482 g/mol. The minimum atomic E-state index is -1.28. The van der Waals surface area contributed by atoms with Crippen LogP contribution in [0.25, 0.3) is 0 Å². The molecule has 190 valence electrons. The number of rotatable bonds is 13. The van der Waals surface area contributed by atoms with E-state index in [0.717, 1.165) is 24.0 Å². The van der Waals surface area contributed by atoms with E-state index in [1.54, 1.807) is 47.6 Å². The lowest BCUT2D eigenvalue weighted by Gasteiger charge is -2.28. The Hall–Kier alpha value is -3.28. The highest BCUT2D eigenvalue weighted by Crippen LogP contribution is 2.16. The van der Waals surface area contributed by atoms with Crippen molar-refractivity contribution in [2.75, 3.05) is 13.1 Å². The zero-order chi connectivity index (χ0) is 25.8. The van der Waals surface area contributed by atoms with Gasteiger partial charge in [0.2, 0.25) is 0 Å². The molecule has 0 saturated carbocycles. The van der Waals surface area contributed by atoms with Crippen LogP contribution in [0.1, 0.15) is 72.8 Å². The first-order valence-electron chi connectivity index (χ1n) is 12.1.